The van der Waals surface area contributed by atoms with Gasteiger partial charge in [0.2, 0.25) is 0 Å². The van der Waals surface area contributed by atoms with Gasteiger partial charge < -0.3 is 5.73 Å². The summed E-state index contributed by atoms with van der Waals surface area (Å²) in [6, 6.07) is 3.81. The molecule has 82 valence electrons. The third-order valence-corrected chi connectivity index (χ3v) is 2.85. The normalized spacial score (nSPS) is 22.2. The number of benzene rings is 1. The Bertz CT molecular complexity index is 398. The van der Waals surface area contributed by atoms with Crippen molar-refractivity contribution in [3.63, 3.8) is 0 Å². The van der Waals surface area contributed by atoms with Crippen LogP contribution in [0.4, 0.5) is 13.2 Å². The topological polar surface area (TPSA) is 26.0 Å². The molecule has 15 heavy (non-hydrogen) atoms. The van der Waals surface area contributed by atoms with Crippen molar-refractivity contribution in [2.24, 2.45) is 5.73 Å². The van der Waals surface area contributed by atoms with Gasteiger partial charge in [0.1, 0.15) is 5.82 Å². The van der Waals surface area contributed by atoms with Crippen LogP contribution in [0.5, 0.6) is 0 Å². The number of rotatable bonds is 1. The first-order valence-corrected chi connectivity index (χ1v) is 4.82. The molecule has 1 aliphatic rings. The highest BCUT2D eigenvalue weighted by Gasteiger charge is 2.56. The lowest BCUT2D eigenvalue weighted by Crippen LogP contribution is -2.55. The fraction of sp³-hybridized carbons (Fsp3) is 0.400. The second kappa shape index (κ2) is 3.12. The Labute approximate surface area is 90.0 Å². The first-order valence-electron chi connectivity index (χ1n) is 4.45. The van der Waals surface area contributed by atoms with E-state index >= 15 is 0 Å². The SMILES string of the molecule is NC1(c2cc(Cl)ccc2F)CC(F)(F)C1. The predicted octanol–water partition coefficient (Wildman–Crippen LogP) is 3.06. The Morgan fingerprint density at radius 1 is 1.27 bits per heavy atom. The monoisotopic (exact) mass is 235 g/mol. The van der Waals surface area contributed by atoms with Gasteiger partial charge in [-0.1, -0.05) is 11.6 Å². The van der Waals surface area contributed by atoms with Gasteiger partial charge in [-0.3, -0.25) is 0 Å². The molecule has 0 saturated heterocycles. The summed E-state index contributed by atoms with van der Waals surface area (Å²) >= 11 is 5.67. The number of halogens is 4. The van der Waals surface area contributed by atoms with Gasteiger partial charge in [0.25, 0.3) is 5.92 Å². The Morgan fingerprint density at radius 3 is 2.40 bits per heavy atom. The Balaban J connectivity index is 2.35. The fourth-order valence-electron chi connectivity index (χ4n) is 1.94. The summed E-state index contributed by atoms with van der Waals surface area (Å²) in [6.45, 7) is 0. The number of hydrogen-bond donors (Lipinski definition) is 1. The van der Waals surface area contributed by atoms with Gasteiger partial charge in [-0.05, 0) is 18.2 Å². The lowest BCUT2D eigenvalue weighted by atomic mass is 9.69. The zero-order chi connectivity index (χ0) is 11.3. The van der Waals surface area contributed by atoms with Crippen molar-refractivity contribution in [2.45, 2.75) is 24.3 Å². The smallest absolute Gasteiger partial charge is 0.252 e. The highest BCUT2D eigenvalue weighted by molar-refractivity contribution is 6.30. The maximum atomic E-state index is 13.4. The average molecular weight is 236 g/mol. The van der Waals surface area contributed by atoms with Gasteiger partial charge in [0, 0.05) is 23.4 Å². The van der Waals surface area contributed by atoms with Gasteiger partial charge >= 0.3 is 0 Å². The van der Waals surface area contributed by atoms with Crippen LogP contribution in [-0.4, -0.2) is 5.92 Å². The molecule has 0 heterocycles. The summed E-state index contributed by atoms with van der Waals surface area (Å²) in [5.74, 6) is -3.37. The standard InChI is InChI=1S/C10H9ClF3N/c11-6-1-2-8(12)7(3-6)9(15)4-10(13,14)5-9/h1-3H,4-5,15H2. The van der Waals surface area contributed by atoms with Crippen molar-refractivity contribution in [3.8, 4) is 0 Å². The van der Waals surface area contributed by atoms with Crippen molar-refractivity contribution in [3.05, 3.63) is 34.6 Å². The van der Waals surface area contributed by atoms with E-state index in [0.29, 0.717) is 5.02 Å². The molecule has 0 amide bonds. The molecule has 5 heteroatoms. The van der Waals surface area contributed by atoms with E-state index in [2.05, 4.69) is 0 Å². The van der Waals surface area contributed by atoms with Crippen molar-refractivity contribution < 1.29 is 13.2 Å². The maximum Gasteiger partial charge on any atom is 0.252 e. The van der Waals surface area contributed by atoms with E-state index in [0.717, 1.165) is 6.07 Å². The Morgan fingerprint density at radius 2 is 1.87 bits per heavy atom. The minimum Gasteiger partial charge on any atom is -0.321 e. The molecule has 1 aromatic carbocycles. The summed E-state index contributed by atoms with van der Waals surface area (Å²) in [7, 11) is 0. The van der Waals surface area contributed by atoms with Gasteiger partial charge in [-0.2, -0.15) is 0 Å². The zero-order valence-electron chi connectivity index (χ0n) is 7.74. The van der Waals surface area contributed by atoms with Crippen molar-refractivity contribution in [2.75, 3.05) is 0 Å². The first kappa shape index (κ1) is 10.8. The molecule has 0 unspecified atom stereocenters. The summed E-state index contributed by atoms with van der Waals surface area (Å²) < 4.78 is 38.8. The Hall–Kier alpha value is -0.740. The maximum absolute atomic E-state index is 13.4. The minimum absolute atomic E-state index is 0.0703. The molecule has 0 aliphatic heterocycles. The second-order valence-electron chi connectivity index (χ2n) is 3.99. The summed E-state index contributed by atoms with van der Waals surface area (Å²) in [5, 5.41) is 0.298. The minimum atomic E-state index is -2.79. The third-order valence-electron chi connectivity index (χ3n) is 2.61. The van der Waals surface area contributed by atoms with Gasteiger partial charge in [0.05, 0.1) is 5.54 Å². The highest BCUT2D eigenvalue weighted by atomic mass is 35.5. The molecule has 1 aromatic rings. The molecule has 1 saturated carbocycles. The van der Waals surface area contributed by atoms with E-state index in [1.807, 2.05) is 0 Å². The van der Waals surface area contributed by atoms with E-state index in [1.165, 1.54) is 12.1 Å². The molecule has 0 atom stereocenters. The van der Waals surface area contributed by atoms with Crippen LogP contribution in [0.2, 0.25) is 5.02 Å². The van der Waals surface area contributed by atoms with E-state index < -0.39 is 30.1 Å². The quantitative estimate of drug-likeness (QED) is 0.796. The van der Waals surface area contributed by atoms with Crippen LogP contribution < -0.4 is 5.73 Å². The van der Waals surface area contributed by atoms with Gasteiger partial charge in [-0.15, -0.1) is 0 Å². The molecule has 1 aliphatic carbocycles. The average Bonchev–Trinajstić information content (AvgIpc) is 2.05. The molecule has 1 fully saturated rings. The fourth-order valence-corrected chi connectivity index (χ4v) is 2.11. The Kier molecular flexibility index (Phi) is 2.24. The van der Waals surface area contributed by atoms with Crippen molar-refractivity contribution in [1.82, 2.24) is 0 Å². The summed E-state index contributed by atoms with van der Waals surface area (Å²) in [6.07, 6.45) is -1.06. The number of alkyl halides is 2. The molecule has 0 aromatic heterocycles. The van der Waals surface area contributed by atoms with Crippen LogP contribution >= 0.6 is 11.6 Å². The molecule has 0 spiro atoms. The summed E-state index contributed by atoms with van der Waals surface area (Å²) in [4.78, 5) is 0. The molecule has 0 radical (unpaired) electrons. The lowest BCUT2D eigenvalue weighted by Gasteiger charge is -2.44. The van der Waals surface area contributed by atoms with Crippen LogP contribution in [0, 0.1) is 5.82 Å². The van der Waals surface area contributed by atoms with Crippen LogP contribution in [0.1, 0.15) is 18.4 Å². The first-order chi connectivity index (χ1) is 6.82. The van der Waals surface area contributed by atoms with E-state index in [-0.39, 0.29) is 5.56 Å². The second-order valence-corrected chi connectivity index (χ2v) is 4.43. The van der Waals surface area contributed by atoms with Gasteiger partial charge in [-0.25, -0.2) is 13.2 Å². The predicted molar refractivity (Wildman–Crippen MR) is 51.5 cm³/mol. The zero-order valence-corrected chi connectivity index (χ0v) is 8.49. The molecule has 2 rings (SSSR count). The number of hydrogen-bond acceptors (Lipinski definition) is 1. The molecule has 0 bridgehead atoms. The molecule has 2 N–H and O–H groups in total. The lowest BCUT2D eigenvalue weighted by molar-refractivity contribution is -0.125. The molecule has 1 nitrogen and oxygen atoms in total. The van der Waals surface area contributed by atoms with E-state index in [4.69, 9.17) is 17.3 Å². The van der Waals surface area contributed by atoms with Crippen molar-refractivity contribution in [1.29, 1.82) is 0 Å². The van der Waals surface area contributed by atoms with Gasteiger partial charge in [0.15, 0.2) is 0 Å². The largest absolute Gasteiger partial charge is 0.321 e. The van der Waals surface area contributed by atoms with Crippen molar-refractivity contribution >= 4 is 11.6 Å². The van der Waals surface area contributed by atoms with Crippen LogP contribution in [0.15, 0.2) is 18.2 Å². The van der Waals surface area contributed by atoms with E-state index in [1.54, 1.807) is 0 Å². The van der Waals surface area contributed by atoms with E-state index in [9.17, 15) is 13.2 Å². The van der Waals surface area contributed by atoms with Crippen LogP contribution in [-0.2, 0) is 5.54 Å². The molecular weight excluding hydrogens is 227 g/mol. The number of nitrogens with two attached hydrogens (primary N) is 1. The third kappa shape index (κ3) is 1.84. The highest BCUT2D eigenvalue weighted by Crippen LogP contribution is 2.50. The summed E-state index contributed by atoms with van der Waals surface area (Å²) in [5.41, 5.74) is 4.48. The van der Waals surface area contributed by atoms with Crippen LogP contribution in [0.3, 0.4) is 0 Å². The van der Waals surface area contributed by atoms with Crippen LogP contribution in [0.25, 0.3) is 0 Å². The molecular formula is C10H9ClF3N.